The molecular formula is C18H16ClNO3. The van der Waals surface area contributed by atoms with Crippen molar-refractivity contribution in [2.75, 3.05) is 13.1 Å². The van der Waals surface area contributed by atoms with Gasteiger partial charge >= 0.3 is 5.97 Å². The molecule has 1 atom stereocenters. The van der Waals surface area contributed by atoms with E-state index in [9.17, 15) is 14.7 Å². The molecule has 5 heteroatoms. The Balaban J connectivity index is 2.08. The third kappa shape index (κ3) is 3.14. The van der Waals surface area contributed by atoms with Crippen molar-refractivity contribution in [3.05, 3.63) is 58.6 Å². The second kappa shape index (κ2) is 6.52. The van der Waals surface area contributed by atoms with Gasteiger partial charge in [-0.1, -0.05) is 35.9 Å². The summed E-state index contributed by atoms with van der Waals surface area (Å²) in [4.78, 5) is 24.0. The molecule has 2 N–H and O–H groups in total. The first-order valence-corrected chi connectivity index (χ1v) is 7.83. The number of carboxylic acid groups (broad SMARTS) is 1. The predicted molar refractivity (Wildman–Crippen MR) is 89.2 cm³/mol. The monoisotopic (exact) mass is 329 g/mol. The molecule has 2 aromatic carbocycles. The molecule has 0 amide bonds. The van der Waals surface area contributed by atoms with Gasteiger partial charge in [0.05, 0.1) is 5.56 Å². The third-order valence-corrected chi connectivity index (χ3v) is 4.46. The van der Waals surface area contributed by atoms with Gasteiger partial charge in [0.25, 0.3) is 0 Å². The summed E-state index contributed by atoms with van der Waals surface area (Å²) in [6.07, 6.45) is 0.816. The van der Waals surface area contributed by atoms with E-state index in [0.717, 1.165) is 13.0 Å². The summed E-state index contributed by atoms with van der Waals surface area (Å²) < 4.78 is 0. The lowest BCUT2D eigenvalue weighted by atomic mass is 9.90. The van der Waals surface area contributed by atoms with Crippen molar-refractivity contribution in [1.29, 1.82) is 0 Å². The maximum Gasteiger partial charge on any atom is 0.335 e. The highest BCUT2D eigenvalue weighted by Gasteiger charge is 2.26. The zero-order valence-corrected chi connectivity index (χ0v) is 13.1. The maximum absolute atomic E-state index is 12.8. The molecule has 0 aliphatic carbocycles. The summed E-state index contributed by atoms with van der Waals surface area (Å²) >= 11 is 6.26. The molecule has 0 radical (unpaired) electrons. The molecule has 23 heavy (non-hydrogen) atoms. The summed E-state index contributed by atoms with van der Waals surface area (Å²) in [5.41, 5.74) is 1.98. The van der Waals surface area contributed by atoms with E-state index in [1.165, 1.54) is 12.1 Å². The van der Waals surface area contributed by atoms with Crippen LogP contribution < -0.4 is 5.32 Å². The van der Waals surface area contributed by atoms with Crippen molar-refractivity contribution < 1.29 is 14.7 Å². The minimum Gasteiger partial charge on any atom is -0.478 e. The van der Waals surface area contributed by atoms with Crippen molar-refractivity contribution in [2.24, 2.45) is 5.92 Å². The van der Waals surface area contributed by atoms with Crippen LogP contribution in [0.4, 0.5) is 0 Å². The number of aromatic carboxylic acids is 1. The van der Waals surface area contributed by atoms with Gasteiger partial charge in [0, 0.05) is 28.6 Å². The number of rotatable bonds is 4. The molecule has 1 fully saturated rings. The molecule has 1 saturated heterocycles. The van der Waals surface area contributed by atoms with Gasteiger partial charge < -0.3 is 10.4 Å². The Morgan fingerprint density at radius 3 is 2.61 bits per heavy atom. The standard InChI is InChI=1S/C18H16ClNO3/c19-16-6-5-11(18(22)23)9-15(16)13-3-1-2-4-14(13)17(21)12-7-8-20-10-12/h1-6,9,12,20H,7-8,10H2,(H,22,23). The largest absolute Gasteiger partial charge is 0.478 e. The van der Waals surface area contributed by atoms with E-state index in [2.05, 4.69) is 5.32 Å². The Morgan fingerprint density at radius 2 is 1.91 bits per heavy atom. The first-order valence-electron chi connectivity index (χ1n) is 7.45. The number of carbonyl (C=O) groups is 2. The zero-order chi connectivity index (χ0) is 16.4. The van der Waals surface area contributed by atoms with E-state index in [1.54, 1.807) is 12.1 Å². The molecule has 0 bridgehead atoms. The average Bonchev–Trinajstić information content (AvgIpc) is 3.09. The van der Waals surface area contributed by atoms with Crippen LogP contribution in [0.3, 0.4) is 0 Å². The lowest BCUT2D eigenvalue weighted by Crippen LogP contribution is -2.18. The topological polar surface area (TPSA) is 66.4 Å². The molecule has 1 heterocycles. The fourth-order valence-corrected chi connectivity index (χ4v) is 3.12. The van der Waals surface area contributed by atoms with Crippen LogP contribution in [0, 0.1) is 5.92 Å². The lowest BCUT2D eigenvalue weighted by molar-refractivity contribution is 0.0696. The van der Waals surface area contributed by atoms with E-state index in [0.29, 0.717) is 28.3 Å². The summed E-state index contributed by atoms with van der Waals surface area (Å²) in [5, 5.41) is 12.8. The minimum atomic E-state index is -1.02. The number of ketones is 1. The molecule has 3 rings (SSSR count). The average molecular weight is 330 g/mol. The van der Waals surface area contributed by atoms with Crippen molar-refractivity contribution in [3.8, 4) is 11.1 Å². The fraction of sp³-hybridized carbons (Fsp3) is 0.222. The molecule has 2 aromatic rings. The number of Topliss-reactive ketones (excluding diaryl/α,β-unsaturated/α-hetero) is 1. The minimum absolute atomic E-state index is 0.0439. The summed E-state index contributed by atoms with van der Waals surface area (Å²) in [6.45, 7) is 1.52. The molecule has 0 spiro atoms. The van der Waals surface area contributed by atoms with Crippen molar-refractivity contribution >= 4 is 23.4 Å². The molecule has 0 saturated carbocycles. The van der Waals surface area contributed by atoms with Crippen LogP contribution in [0.2, 0.25) is 5.02 Å². The molecule has 1 aliphatic rings. The normalized spacial score (nSPS) is 17.2. The Bertz CT molecular complexity index is 767. The molecule has 4 nitrogen and oxygen atoms in total. The van der Waals surface area contributed by atoms with E-state index in [1.807, 2.05) is 18.2 Å². The number of hydrogen-bond donors (Lipinski definition) is 2. The third-order valence-electron chi connectivity index (χ3n) is 4.13. The van der Waals surface area contributed by atoms with Crippen molar-refractivity contribution in [3.63, 3.8) is 0 Å². The highest BCUT2D eigenvalue weighted by Crippen LogP contribution is 2.33. The van der Waals surface area contributed by atoms with Gasteiger partial charge in [-0.15, -0.1) is 0 Å². The van der Waals surface area contributed by atoms with Crippen LogP contribution in [-0.2, 0) is 0 Å². The maximum atomic E-state index is 12.8. The van der Waals surface area contributed by atoms with Crippen LogP contribution in [0.5, 0.6) is 0 Å². The van der Waals surface area contributed by atoms with E-state index < -0.39 is 5.97 Å². The van der Waals surface area contributed by atoms with Gasteiger partial charge in [-0.2, -0.15) is 0 Å². The van der Waals surface area contributed by atoms with Gasteiger partial charge in [-0.3, -0.25) is 4.79 Å². The lowest BCUT2D eigenvalue weighted by Gasteiger charge is -2.14. The highest BCUT2D eigenvalue weighted by molar-refractivity contribution is 6.33. The van der Waals surface area contributed by atoms with Gasteiger partial charge in [-0.05, 0) is 36.7 Å². The second-order valence-electron chi connectivity index (χ2n) is 5.60. The number of carboxylic acids is 1. The SMILES string of the molecule is O=C(O)c1ccc(Cl)c(-c2ccccc2C(=O)C2CCNC2)c1. The number of carbonyl (C=O) groups excluding carboxylic acids is 1. The summed E-state index contributed by atoms with van der Waals surface area (Å²) in [7, 11) is 0. The van der Waals surface area contributed by atoms with Gasteiger partial charge in [-0.25, -0.2) is 4.79 Å². The Morgan fingerprint density at radius 1 is 1.13 bits per heavy atom. The van der Waals surface area contributed by atoms with Crippen LogP contribution in [0.25, 0.3) is 11.1 Å². The van der Waals surface area contributed by atoms with Crippen molar-refractivity contribution in [2.45, 2.75) is 6.42 Å². The fourth-order valence-electron chi connectivity index (χ4n) is 2.90. The highest BCUT2D eigenvalue weighted by atomic mass is 35.5. The zero-order valence-electron chi connectivity index (χ0n) is 12.4. The molecule has 118 valence electrons. The quantitative estimate of drug-likeness (QED) is 0.843. The number of hydrogen-bond acceptors (Lipinski definition) is 3. The van der Waals surface area contributed by atoms with E-state index in [4.69, 9.17) is 11.6 Å². The second-order valence-corrected chi connectivity index (χ2v) is 6.01. The number of halogens is 1. The summed E-state index contributed by atoms with van der Waals surface area (Å²) in [6, 6.07) is 11.8. The Kier molecular flexibility index (Phi) is 4.46. The molecule has 1 aliphatic heterocycles. The first kappa shape index (κ1) is 15.7. The summed E-state index contributed by atoms with van der Waals surface area (Å²) in [5.74, 6) is -0.994. The molecule has 0 aromatic heterocycles. The van der Waals surface area contributed by atoms with Gasteiger partial charge in [0.1, 0.15) is 0 Å². The van der Waals surface area contributed by atoms with E-state index in [-0.39, 0.29) is 17.3 Å². The smallest absolute Gasteiger partial charge is 0.335 e. The number of benzene rings is 2. The number of nitrogens with one attached hydrogen (secondary N) is 1. The van der Waals surface area contributed by atoms with Crippen molar-refractivity contribution in [1.82, 2.24) is 5.32 Å². The molecular weight excluding hydrogens is 314 g/mol. The first-order chi connectivity index (χ1) is 11.1. The Labute approximate surface area is 139 Å². The van der Waals surface area contributed by atoms with E-state index >= 15 is 0 Å². The van der Waals surface area contributed by atoms with Crippen LogP contribution in [0.1, 0.15) is 27.1 Å². The van der Waals surface area contributed by atoms with Crippen LogP contribution >= 0.6 is 11.6 Å². The molecule has 1 unspecified atom stereocenters. The van der Waals surface area contributed by atoms with Crippen LogP contribution in [-0.4, -0.2) is 29.9 Å². The predicted octanol–water partition coefficient (Wildman–Crippen LogP) is 3.50. The van der Waals surface area contributed by atoms with Gasteiger partial charge in [0.2, 0.25) is 0 Å². The van der Waals surface area contributed by atoms with Crippen LogP contribution in [0.15, 0.2) is 42.5 Å². The van der Waals surface area contributed by atoms with Gasteiger partial charge in [0.15, 0.2) is 5.78 Å². The Hall–Kier alpha value is -2.17.